The molecule has 0 aliphatic heterocycles. The van der Waals surface area contributed by atoms with Gasteiger partial charge in [-0.2, -0.15) is 0 Å². The minimum absolute atomic E-state index is 0.675. The summed E-state index contributed by atoms with van der Waals surface area (Å²) >= 11 is 1.70. The Morgan fingerprint density at radius 2 is 2.00 bits per heavy atom. The van der Waals surface area contributed by atoms with Gasteiger partial charge in [-0.15, -0.1) is 11.3 Å². The predicted molar refractivity (Wildman–Crippen MR) is 102 cm³/mol. The molecule has 2 aromatic rings. The number of hydrogen-bond donors (Lipinski definition) is 1. The Balaban J connectivity index is 1.97. The Morgan fingerprint density at radius 1 is 1.25 bits per heavy atom. The van der Waals surface area contributed by atoms with Gasteiger partial charge >= 0.3 is 0 Å². The predicted octanol–water partition coefficient (Wildman–Crippen LogP) is 4.85. The van der Waals surface area contributed by atoms with Crippen LogP contribution in [0.1, 0.15) is 44.4 Å². The molecule has 1 atom stereocenters. The lowest BCUT2D eigenvalue weighted by Gasteiger charge is -2.19. The second kappa shape index (κ2) is 9.58. The van der Waals surface area contributed by atoms with Gasteiger partial charge in [0.25, 0.3) is 0 Å². The van der Waals surface area contributed by atoms with Crippen LogP contribution in [0.2, 0.25) is 0 Å². The first-order valence-electron chi connectivity index (χ1n) is 8.76. The fourth-order valence-corrected chi connectivity index (χ4v) is 4.04. The lowest BCUT2D eigenvalue weighted by molar-refractivity contribution is -0.109. The highest BCUT2D eigenvalue weighted by molar-refractivity contribution is 7.13. The Kier molecular flexibility index (Phi) is 7.44. The number of aryl methyl sites for hydroxylation is 1. The maximum absolute atomic E-state index is 10.4. The van der Waals surface area contributed by atoms with Crippen molar-refractivity contribution in [2.75, 3.05) is 6.54 Å². The van der Waals surface area contributed by atoms with Crippen LogP contribution in [-0.4, -0.2) is 17.9 Å². The first kappa shape index (κ1) is 18.7. The quantitative estimate of drug-likeness (QED) is 0.494. The maximum atomic E-state index is 10.4. The molecule has 4 heteroatoms. The van der Waals surface area contributed by atoms with E-state index < -0.39 is 0 Å². The fourth-order valence-electron chi connectivity index (χ4n) is 3.23. The minimum atomic E-state index is 0.675. The van der Waals surface area contributed by atoms with E-state index in [4.69, 9.17) is 0 Å². The summed E-state index contributed by atoms with van der Waals surface area (Å²) in [5, 5.41) is 2.76. The molecule has 2 rings (SSSR count). The number of aromatic nitrogens is 1. The van der Waals surface area contributed by atoms with Gasteiger partial charge in [0.2, 0.25) is 6.41 Å². The molecule has 1 unspecified atom stereocenters. The van der Waals surface area contributed by atoms with Gasteiger partial charge in [0.1, 0.15) is 0 Å². The first-order chi connectivity index (χ1) is 11.6. The number of benzene rings is 1. The molecule has 3 nitrogen and oxygen atoms in total. The zero-order chi connectivity index (χ0) is 17.4. The standard InChI is InChI=1S/C20H28N2OS/c1-15(2)11-18(5-4-10-21-13-23)12-17-6-8-19(9-7-17)20-16(3)22-14-24-20/h6-9,13-15,18H,4-5,10-12H2,1-3H3,(H,21,23). The molecule has 1 amide bonds. The number of rotatable bonds is 10. The van der Waals surface area contributed by atoms with Crippen LogP contribution in [0.3, 0.4) is 0 Å². The summed E-state index contributed by atoms with van der Waals surface area (Å²) in [6.07, 6.45) is 5.35. The summed E-state index contributed by atoms with van der Waals surface area (Å²) in [7, 11) is 0. The highest BCUT2D eigenvalue weighted by atomic mass is 32.1. The van der Waals surface area contributed by atoms with Gasteiger partial charge in [0.15, 0.2) is 0 Å². The number of nitrogens with zero attached hydrogens (tertiary/aromatic N) is 1. The average molecular weight is 345 g/mol. The summed E-state index contributed by atoms with van der Waals surface area (Å²) < 4.78 is 0. The van der Waals surface area contributed by atoms with Crippen molar-refractivity contribution >= 4 is 17.7 Å². The Hall–Kier alpha value is -1.68. The maximum Gasteiger partial charge on any atom is 0.207 e. The van der Waals surface area contributed by atoms with E-state index >= 15 is 0 Å². The van der Waals surface area contributed by atoms with Crippen molar-refractivity contribution in [2.45, 2.75) is 46.5 Å². The number of nitrogens with one attached hydrogen (secondary N) is 1. The van der Waals surface area contributed by atoms with Crippen LogP contribution in [0.5, 0.6) is 0 Å². The number of amides is 1. The summed E-state index contributed by atoms with van der Waals surface area (Å²) in [4.78, 5) is 16.0. The SMILES string of the molecule is Cc1ncsc1-c1ccc(CC(CCCNC=O)CC(C)C)cc1. The molecular weight excluding hydrogens is 316 g/mol. The van der Waals surface area contributed by atoms with Crippen molar-refractivity contribution in [2.24, 2.45) is 11.8 Å². The van der Waals surface area contributed by atoms with Crippen molar-refractivity contribution < 1.29 is 4.79 Å². The third kappa shape index (κ3) is 5.75. The molecule has 1 N–H and O–H groups in total. The Bertz CT molecular complexity index is 619. The van der Waals surface area contributed by atoms with Crippen LogP contribution in [0.25, 0.3) is 10.4 Å². The topological polar surface area (TPSA) is 42.0 Å². The van der Waals surface area contributed by atoms with Crippen LogP contribution in [0.15, 0.2) is 29.8 Å². The van der Waals surface area contributed by atoms with Crippen molar-refractivity contribution in [1.29, 1.82) is 0 Å². The van der Waals surface area contributed by atoms with Crippen LogP contribution in [-0.2, 0) is 11.2 Å². The van der Waals surface area contributed by atoms with E-state index in [1.165, 1.54) is 22.4 Å². The summed E-state index contributed by atoms with van der Waals surface area (Å²) in [6, 6.07) is 8.95. The van der Waals surface area contributed by atoms with E-state index in [1.54, 1.807) is 11.3 Å². The van der Waals surface area contributed by atoms with Crippen molar-refractivity contribution in [3.8, 4) is 10.4 Å². The number of hydrogen-bond acceptors (Lipinski definition) is 3. The number of carbonyl (C=O) groups is 1. The van der Waals surface area contributed by atoms with Gasteiger partial charge in [0.05, 0.1) is 16.1 Å². The minimum Gasteiger partial charge on any atom is -0.359 e. The largest absolute Gasteiger partial charge is 0.359 e. The normalized spacial score (nSPS) is 12.3. The van der Waals surface area contributed by atoms with Gasteiger partial charge in [-0.1, -0.05) is 38.1 Å². The third-order valence-corrected chi connectivity index (χ3v) is 5.29. The second-order valence-electron chi connectivity index (χ2n) is 6.88. The van der Waals surface area contributed by atoms with E-state index in [-0.39, 0.29) is 0 Å². The first-order valence-corrected chi connectivity index (χ1v) is 9.64. The van der Waals surface area contributed by atoms with E-state index in [0.717, 1.165) is 37.9 Å². The summed E-state index contributed by atoms with van der Waals surface area (Å²) in [5.41, 5.74) is 5.67. The van der Waals surface area contributed by atoms with Gasteiger partial charge < -0.3 is 5.32 Å². The van der Waals surface area contributed by atoms with Gasteiger partial charge in [-0.3, -0.25) is 4.79 Å². The molecule has 0 fully saturated rings. The van der Waals surface area contributed by atoms with Crippen molar-refractivity contribution in [3.63, 3.8) is 0 Å². The highest BCUT2D eigenvalue weighted by Crippen LogP contribution is 2.28. The van der Waals surface area contributed by atoms with E-state index in [2.05, 4.69) is 55.3 Å². The molecule has 0 bridgehead atoms. The third-order valence-electron chi connectivity index (χ3n) is 4.31. The molecule has 1 aromatic heterocycles. The van der Waals surface area contributed by atoms with Gasteiger partial charge in [-0.05, 0) is 55.6 Å². The molecule has 0 aliphatic rings. The highest BCUT2D eigenvalue weighted by Gasteiger charge is 2.12. The van der Waals surface area contributed by atoms with Crippen LogP contribution in [0, 0.1) is 18.8 Å². The molecule has 24 heavy (non-hydrogen) atoms. The average Bonchev–Trinajstić information content (AvgIpc) is 2.98. The monoisotopic (exact) mass is 344 g/mol. The number of carbonyl (C=O) groups excluding carboxylic acids is 1. The molecule has 0 spiro atoms. The van der Waals surface area contributed by atoms with Gasteiger partial charge in [-0.25, -0.2) is 4.98 Å². The molecule has 0 saturated heterocycles. The van der Waals surface area contributed by atoms with Crippen molar-refractivity contribution in [1.82, 2.24) is 10.3 Å². The zero-order valence-electron chi connectivity index (χ0n) is 14.9. The summed E-state index contributed by atoms with van der Waals surface area (Å²) in [6.45, 7) is 7.41. The van der Waals surface area contributed by atoms with E-state index in [9.17, 15) is 4.79 Å². The van der Waals surface area contributed by atoms with Crippen LogP contribution >= 0.6 is 11.3 Å². The van der Waals surface area contributed by atoms with Crippen LogP contribution < -0.4 is 5.32 Å². The molecule has 0 radical (unpaired) electrons. The lowest BCUT2D eigenvalue weighted by atomic mass is 9.87. The fraction of sp³-hybridized carbons (Fsp3) is 0.500. The zero-order valence-corrected chi connectivity index (χ0v) is 15.7. The van der Waals surface area contributed by atoms with E-state index in [0.29, 0.717) is 11.8 Å². The number of thiazole rings is 1. The lowest BCUT2D eigenvalue weighted by Crippen LogP contribution is -2.15. The summed E-state index contributed by atoms with van der Waals surface area (Å²) in [5.74, 6) is 1.38. The van der Waals surface area contributed by atoms with E-state index in [1.807, 2.05) is 5.51 Å². The molecule has 130 valence electrons. The molecular formula is C20H28N2OS. The Morgan fingerprint density at radius 3 is 2.58 bits per heavy atom. The van der Waals surface area contributed by atoms with Gasteiger partial charge in [0, 0.05) is 6.54 Å². The molecule has 0 saturated carbocycles. The molecule has 0 aliphatic carbocycles. The molecule has 1 heterocycles. The van der Waals surface area contributed by atoms with Crippen molar-refractivity contribution in [3.05, 3.63) is 41.0 Å². The smallest absolute Gasteiger partial charge is 0.207 e. The molecule has 1 aromatic carbocycles. The van der Waals surface area contributed by atoms with Crippen LogP contribution in [0.4, 0.5) is 0 Å². The Labute approximate surface area is 149 Å². The second-order valence-corrected chi connectivity index (χ2v) is 7.73.